The summed E-state index contributed by atoms with van der Waals surface area (Å²) in [4.78, 5) is 10.5. The Morgan fingerprint density at radius 2 is 2.11 bits per heavy atom. The van der Waals surface area contributed by atoms with E-state index in [0.717, 1.165) is 0 Å². The molecule has 0 rings (SSSR count). The van der Waals surface area contributed by atoms with E-state index in [9.17, 15) is 4.79 Å². The van der Waals surface area contributed by atoms with Gasteiger partial charge in [0.05, 0.1) is 8.15 Å². The third-order valence-corrected chi connectivity index (χ3v) is 1.16. The van der Waals surface area contributed by atoms with Gasteiger partial charge in [-0.1, -0.05) is 0 Å². The fourth-order valence-electron chi connectivity index (χ4n) is 0.256. The average molecular weight is 150 g/mol. The predicted molar refractivity (Wildman–Crippen MR) is 36.5 cm³/mol. The monoisotopic (exact) mass is 150 g/mol. The van der Waals surface area contributed by atoms with Gasteiger partial charge in [-0.05, 0) is 20.3 Å². The Morgan fingerprint density at radius 1 is 1.67 bits per heavy atom. The van der Waals surface area contributed by atoms with Crippen molar-refractivity contribution in [1.29, 1.82) is 0 Å². The van der Waals surface area contributed by atoms with Gasteiger partial charge in [-0.25, -0.2) is 4.79 Å². The largest absolute Gasteiger partial charge is 0.444 e. The van der Waals surface area contributed by atoms with Gasteiger partial charge in [0, 0.05) is 0 Å². The van der Waals surface area contributed by atoms with E-state index in [1.165, 1.54) is 6.92 Å². The number of carbonyl (C=O) groups is 1. The quantitative estimate of drug-likeness (QED) is 0.585. The molecule has 0 spiro atoms. The molecule has 1 N–H and O–H groups in total. The van der Waals surface area contributed by atoms with Crippen molar-refractivity contribution in [2.75, 3.05) is 13.3 Å². The van der Waals surface area contributed by atoms with Crippen LogP contribution in [0.15, 0.2) is 0 Å². The molecular weight excluding hydrogens is 139 g/mol. The number of hydrogen-bond acceptors (Lipinski definition) is 3. The maximum atomic E-state index is 10.5. The molecule has 0 bridgehead atoms. The van der Waals surface area contributed by atoms with Crippen molar-refractivity contribution in [2.45, 2.75) is 13.0 Å². The standard InChI is InChI=1S/C5H11O3P/c1-4(6)5(7)8-9(2)3/h4,6H,1-3H3/t4-/m1/s1. The van der Waals surface area contributed by atoms with E-state index in [2.05, 4.69) is 4.52 Å². The fourth-order valence-corrected chi connectivity index (χ4v) is 0.769. The third kappa shape index (κ3) is 4.37. The van der Waals surface area contributed by atoms with Crippen molar-refractivity contribution < 1.29 is 14.4 Å². The first kappa shape index (κ1) is 8.86. The maximum absolute atomic E-state index is 10.5. The molecule has 0 aromatic rings. The lowest BCUT2D eigenvalue weighted by atomic mass is 10.4. The highest BCUT2D eigenvalue weighted by molar-refractivity contribution is 7.51. The van der Waals surface area contributed by atoms with Crippen molar-refractivity contribution >= 4 is 14.1 Å². The summed E-state index contributed by atoms with van der Waals surface area (Å²) in [5.74, 6) is -0.536. The van der Waals surface area contributed by atoms with Crippen LogP contribution in [0.2, 0.25) is 0 Å². The van der Waals surface area contributed by atoms with Crippen LogP contribution in [0.25, 0.3) is 0 Å². The molecule has 0 aliphatic heterocycles. The Hall–Kier alpha value is -0.140. The van der Waals surface area contributed by atoms with Crippen molar-refractivity contribution in [3.8, 4) is 0 Å². The van der Waals surface area contributed by atoms with Crippen LogP contribution >= 0.6 is 8.15 Å². The highest BCUT2D eigenvalue weighted by Crippen LogP contribution is 2.26. The fraction of sp³-hybridized carbons (Fsp3) is 0.800. The zero-order valence-corrected chi connectivity index (χ0v) is 6.68. The molecule has 0 aromatic heterocycles. The van der Waals surface area contributed by atoms with Crippen LogP contribution in [0.5, 0.6) is 0 Å². The normalized spacial score (nSPS) is 13.4. The van der Waals surface area contributed by atoms with Crippen molar-refractivity contribution in [3.63, 3.8) is 0 Å². The van der Waals surface area contributed by atoms with Gasteiger partial charge >= 0.3 is 5.97 Å². The second-order valence-corrected chi connectivity index (χ2v) is 3.71. The van der Waals surface area contributed by atoms with Gasteiger partial charge in [0.1, 0.15) is 6.10 Å². The molecule has 0 amide bonds. The summed E-state index contributed by atoms with van der Waals surface area (Å²) >= 11 is 0. The number of rotatable bonds is 2. The molecule has 0 unspecified atom stereocenters. The molecule has 0 aliphatic carbocycles. The van der Waals surface area contributed by atoms with E-state index in [-0.39, 0.29) is 0 Å². The van der Waals surface area contributed by atoms with Gasteiger partial charge in [-0.2, -0.15) is 0 Å². The number of carbonyl (C=O) groups excluding carboxylic acids is 1. The van der Waals surface area contributed by atoms with Crippen molar-refractivity contribution in [1.82, 2.24) is 0 Å². The van der Waals surface area contributed by atoms with Crippen LogP contribution in [0.4, 0.5) is 0 Å². The van der Waals surface area contributed by atoms with Crippen LogP contribution in [-0.2, 0) is 9.32 Å². The Kier molecular flexibility index (Phi) is 3.75. The molecule has 4 heteroatoms. The molecular formula is C5H11O3P. The van der Waals surface area contributed by atoms with E-state index in [1.807, 2.05) is 0 Å². The lowest BCUT2D eigenvalue weighted by Crippen LogP contribution is -2.16. The lowest BCUT2D eigenvalue weighted by Gasteiger charge is -2.07. The first-order valence-electron chi connectivity index (χ1n) is 2.61. The number of hydrogen-bond donors (Lipinski definition) is 1. The highest BCUT2D eigenvalue weighted by Gasteiger charge is 2.10. The third-order valence-electron chi connectivity index (χ3n) is 0.614. The zero-order chi connectivity index (χ0) is 7.44. The van der Waals surface area contributed by atoms with Crippen molar-refractivity contribution in [3.05, 3.63) is 0 Å². The molecule has 0 heterocycles. The molecule has 3 nitrogen and oxygen atoms in total. The summed E-state index contributed by atoms with van der Waals surface area (Å²) in [6.45, 7) is 4.99. The van der Waals surface area contributed by atoms with Gasteiger partial charge in [0.2, 0.25) is 0 Å². The molecule has 9 heavy (non-hydrogen) atoms. The Morgan fingerprint density at radius 3 is 2.22 bits per heavy atom. The van der Waals surface area contributed by atoms with E-state index in [4.69, 9.17) is 5.11 Å². The zero-order valence-electron chi connectivity index (χ0n) is 5.79. The Balaban J connectivity index is 3.51. The van der Waals surface area contributed by atoms with Crippen LogP contribution in [0, 0.1) is 0 Å². The summed E-state index contributed by atoms with van der Waals surface area (Å²) in [5, 5.41) is 8.61. The molecule has 1 atom stereocenters. The average Bonchev–Trinajstić information content (AvgIpc) is 1.63. The van der Waals surface area contributed by atoms with Gasteiger partial charge < -0.3 is 9.63 Å². The van der Waals surface area contributed by atoms with Crippen LogP contribution in [-0.4, -0.2) is 30.5 Å². The molecule has 0 saturated heterocycles. The SMILES string of the molecule is C[C@@H](O)C(=O)OP(C)C. The second kappa shape index (κ2) is 3.80. The number of aliphatic hydroxyl groups excluding tert-OH is 1. The first-order valence-corrected chi connectivity index (χ1v) is 4.76. The summed E-state index contributed by atoms with van der Waals surface area (Å²) < 4.78 is 4.69. The Bertz CT molecular complexity index is 100. The van der Waals surface area contributed by atoms with Crippen LogP contribution in [0.1, 0.15) is 6.92 Å². The first-order chi connectivity index (χ1) is 4.04. The lowest BCUT2D eigenvalue weighted by molar-refractivity contribution is -0.141. The van der Waals surface area contributed by atoms with E-state index in [1.54, 1.807) is 13.3 Å². The predicted octanol–water partition coefficient (Wildman–Crippen LogP) is 0.567. The van der Waals surface area contributed by atoms with Gasteiger partial charge in [0.15, 0.2) is 0 Å². The van der Waals surface area contributed by atoms with Crippen LogP contribution < -0.4 is 0 Å². The van der Waals surface area contributed by atoms with E-state index >= 15 is 0 Å². The minimum atomic E-state index is -0.991. The van der Waals surface area contributed by atoms with Crippen LogP contribution in [0.3, 0.4) is 0 Å². The molecule has 0 saturated carbocycles. The molecule has 0 fully saturated rings. The maximum Gasteiger partial charge on any atom is 0.337 e. The highest BCUT2D eigenvalue weighted by atomic mass is 31.1. The minimum absolute atomic E-state index is 0.536. The molecule has 0 radical (unpaired) electrons. The van der Waals surface area contributed by atoms with Crippen molar-refractivity contribution in [2.24, 2.45) is 0 Å². The second-order valence-electron chi connectivity index (χ2n) is 1.90. The number of aliphatic hydroxyl groups is 1. The molecule has 0 aliphatic rings. The molecule has 54 valence electrons. The Labute approximate surface area is 55.9 Å². The summed E-state index contributed by atoms with van der Waals surface area (Å²) in [5.41, 5.74) is 0. The summed E-state index contributed by atoms with van der Waals surface area (Å²) in [6.07, 6.45) is -0.991. The van der Waals surface area contributed by atoms with Gasteiger partial charge in [-0.3, -0.25) is 0 Å². The minimum Gasteiger partial charge on any atom is -0.444 e. The summed E-state index contributed by atoms with van der Waals surface area (Å²) in [6, 6.07) is 0. The smallest absolute Gasteiger partial charge is 0.337 e. The van der Waals surface area contributed by atoms with Gasteiger partial charge in [0.25, 0.3) is 0 Å². The molecule has 0 aromatic carbocycles. The van der Waals surface area contributed by atoms with Gasteiger partial charge in [-0.15, -0.1) is 0 Å². The summed E-state index contributed by atoms with van der Waals surface area (Å²) in [7, 11) is -0.682. The topological polar surface area (TPSA) is 46.5 Å². The van der Waals surface area contributed by atoms with E-state index < -0.39 is 20.2 Å². The van der Waals surface area contributed by atoms with E-state index in [0.29, 0.717) is 0 Å².